The maximum Gasteiger partial charge on any atom is 0.252 e. The topological polar surface area (TPSA) is 42.9 Å². The highest BCUT2D eigenvalue weighted by atomic mass is 35.5. The number of carbonyl (C=O) groups excluding carboxylic acids is 1. The van der Waals surface area contributed by atoms with Gasteiger partial charge in [0.1, 0.15) is 0 Å². The number of halogens is 2. The van der Waals surface area contributed by atoms with Crippen molar-refractivity contribution in [2.75, 3.05) is 0 Å². The Morgan fingerprint density at radius 2 is 1.95 bits per heavy atom. The SMILES string of the molecule is Cc1ccc(C(=O)Cl)cc1-c1ccc2c(Cl)nncc2c1. The molecule has 0 aliphatic heterocycles. The van der Waals surface area contributed by atoms with Gasteiger partial charge in [-0.3, -0.25) is 4.79 Å². The van der Waals surface area contributed by atoms with E-state index < -0.39 is 5.24 Å². The van der Waals surface area contributed by atoms with Crippen LogP contribution in [0.25, 0.3) is 21.9 Å². The summed E-state index contributed by atoms with van der Waals surface area (Å²) in [4.78, 5) is 11.3. The molecular weight excluding hydrogens is 307 g/mol. The first-order chi connectivity index (χ1) is 10.1. The number of aromatic nitrogens is 2. The van der Waals surface area contributed by atoms with Gasteiger partial charge in [-0.05, 0) is 53.4 Å². The van der Waals surface area contributed by atoms with Gasteiger partial charge in [-0.2, -0.15) is 5.10 Å². The molecule has 0 unspecified atom stereocenters. The van der Waals surface area contributed by atoms with Crippen LogP contribution >= 0.6 is 23.2 Å². The Balaban J connectivity index is 2.20. The lowest BCUT2D eigenvalue weighted by molar-refractivity contribution is 0.108. The molecule has 0 bridgehead atoms. The summed E-state index contributed by atoms with van der Waals surface area (Å²) in [6, 6.07) is 11.2. The third-order valence-corrected chi connectivity index (χ3v) is 3.89. The van der Waals surface area contributed by atoms with Crippen molar-refractivity contribution >= 4 is 39.2 Å². The molecule has 0 atom stereocenters. The molecule has 0 spiro atoms. The molecule has 0 aliphatic rings. The molecule has 21 heavy (non-hydrogen) atoms. The molecule has 0 radical (unpaired) electrons. The van der Waals surface area contributed by atoms with E-state index in [4.69, 9.17) is 23.2 Å². The number of fused-ring (bicyclic) bond motifs is 1. The number of hydrogen-bond acceptors (Lipinski definition) is 3. The van der Waals surface area contributed by atoms with Crippen LogP contribution in [-0.2, 0) is 0 Å². The van der Waals surface area contributed by atoms with Crippen LogP contribution in [0.15, 0.2) is 42.6 Å². The molecule has 0 saturated carbocycles. The van der Waals surface area contributed by atoms with E-state index >= 15 is 0 Å². The number of benzene rings is 2. The molecular formula is C16H10Cl2N2O. The number of nitrogens with zero attached hydrogens (tertiary/aromatic N) is 2. The molecule has 104 valence electrons. The van der Waals surface area contributed by atoms with Gasteiger partial charge in [0.2, 0.25) is 0 Å². The average molecular weight is 317 g/mol. The normalized spacial score (nSPS) is 10.8. The van der Waals surface area contributed by atoms with Crippen LogP contribution in [0.1, 0.15) is 15.9 Å². The summed E-state index contributed by atoms with van der Waals surface area (Å²) in [7, 11) is 0. The second-order valence-corrected chi connectivity index (χ2v) is 5.44. The Labute approximate surface area is 131 Å². The number of rotatable bonds is 2. The van der Waals surface area contributed by atoms with Crippen molar-refractivity contribution in [1.82, 2.24) is 10.2 Å². The molecule has 1 heterocycles. The highest BCUT2D eigenvalue weighted by Gasteiger charge is 2.09. The van der Waals surface area contributed by atoms with E-state index in [0.29, 0.717) is 10.7 Å². The smallest absolute Gasteiger partial charge is 0.252 e. The number of hydrogen-bond donors (Lipinski definition) is 0. The van der Waals surface area contributed by atoms with Crippen LogP contribution in [0.2, 0.25) is 5.15 Å². The van der Waals surface area contributed by atoms with E-state index in [1.807, 2.05) is 31.2 Å². The summed E-state index contributed by atoms with van der Waals surface area (Å²) >= 11 is 11.6. The van der Waals surface area contributed by atoms with Gasteiger partial charge in [0.25, 0.3) is 5.24 Å². The van der Waals surface area contributed by atoms with Crippen molar-refractivity contribution < 1.29 is 4.79 Å². The summed E-state index contributed by atoms with van der Waals surface area (Å²) in [5.74, 6) is 0. The Morgan fingerprint density at radius 3 is 2.71 bits per heavy atom. The minimum absolute atomic E-state index is 0.375. The Kier molecular flexibility index (Phi) is 3.62. The molecule has 1 aromatic heterocycles. The van der Waals surface area contributed by atoms with Crippen molar-refractivity contribution in [2.24, 2.45) is 0 Å². The van der Waals surface area contributed by atoms with Gasteiger partial charge in [0.05, 0.1) is 6.20 Å². The molecule has 0 aliphatic carbocycles. The zero-order valence-electron chi connectivity index (χ0n) is 11.1. The van der Waals surface area contributed by atoms with E-state index in [1.54, 1.807) is 18.3 Å². The maximum atomic E-state index is 11.3. The van der Waals surface area contributed by atoms with Crippen molar-refractivity contribution in [3.63, 3.8) is 0 Å². The van der Waals surface area contributed by atoms with Gasteiger partial charge in [-0.15, -0.1) is 5.10 Å². The molecule has 3 rings (SSSR count). The summed E-state index contributed by atoms with van der Waals surface area (Å²) in [5, 5.41) is 9.33. The van der Waals surface area contributed by atoms with Crippen molar-refractivity contribution in [2.45, 2.75) is 6.92 Å². The summed E-state index contributed by atoms with van der Waals surface area (Å²) in [6.45, 7) is 1.99. The number of aryl methyl sites for hydroxylation is 1. The minimum atomic E-state index is -0.467. The highest BCUT2D eigenvalue weighted by Crippen LogP contribution is 2.29. The van der Waals surface area contributed by atoms with Crippen molar-refractivity contribution in [3.05, 3.63) is 58.9 Å². The molecule has 0 fully saturated rings. The lowest BCUT2D eigenvalue weighted by Gasteiger charge is -2.09. The Bertz CT molecular complexity index is 862. The third-order valence-electron chi connectivity index (χ3n) is 3.39. The molecule has 0 amide bonds. The monoisotopic (exact) mass is 316 g/mol. The van der Waals surface area contributed by atoms with E-state index in [0.717, 1.165) is 27.5 Å². The molecule has 2 aromatic carbocycles. The minimum Gasteiger partial charge on any atom is -0.276 e. The lowest BCUT2D eigenvalue weighted by Crippen LogP contribution is -1.92. The van der Waals surface area contributed by atoms with Crippen LogP contribution in [-0.4, -0.2) is 15.4 Å². The zero-order valence-corrected chi connectivity index (χ0v) is 12.6. The van der Waals surface area contributed by atoms with Crippen LogP contribution in [0.3, 0.4) is 0 Å². The first-order valence-corrected chi connectivity index (χ1v) is 7.03. The van der Waals surface area contributed by atoms with Gasteiger partial charge < -0.3 is 0 Å². The van der Waals surface area contributed by atoms with Gasteiger partial charge >= 0.3 is 0 Å². The fourth-order valence-corrected chi connectivity index (χ4v) is 2.61. The Hall–Kier alpha value is -1.97. The summed E-state index contributed by atoms with van der Waals surface area (Å²) in [5.41, 5.74) is 3.47. The van der Waals surface area contributed by atoms with Crippen LogP contribution in [0.5, 0.6) is 0 Å². The van der Waals surface area contributed by atoms with Crippen molar-refractivity contribution in [3.8, 4) is 11.1 Å². The Morgan fingerprint density at radius 1 is 1.14 bits per heavy atom. The second kappa shape index (κ2) is 5.43. The van der Waals surface area contributed by atoms with Gasteiger partial charge in [-0.1, -0.05) is 29.8 Å². The third kappa shape index (κ3) is 2.62. The second-order valence-electron chi connectivity index (χ2n) is 4.74. The maximum absolute atomic E-state index is 11.3. The van der Waals surface area contributed by atoms with Gasteiger partial charge in [0.15, 0.2) is 5.15 Å². The van der Waals surface area contributed by atoms with Crippen LogP contribution < -0.4 is 0 Å². The van der Waals surface area contributed by atoms with Gasteiger partial charge in [0, 0.05) is 16.3 Å². The fourth-order valence-electron chi connectivity index (χ4n) is 2.28. The standard InChI is InChI=1S/C16H10Cl2N2O/c1-9-2-3-11(16(18)21)7-14(9)10-4-5-13-12(6-10)8-19-20-15(13)17/h2-8H,1H3. The lowest BCUT2D eigenvalue weighted by atomic mass is 9.97. The predicted octanol–water partition coefficient (Wildman–Crippen LogP) is 4.64. The largest absolute Gasteiger partial charge is 0.276 e. The van der Waals surface area contributed by atoms with Crippen molar-refractivity contribution in [1.29, 1.82) is 0 Å². The van der Waals surface area contributed by atoms with E-state index in [9.17, 15) is 4.79 Å². The van der Waals surface area contributed by atoms with E-state index in [-0.39, 0.29) is 0 Å². The zero-order chi connectivity index (χ0) is 15.0. The first kappa shape index (κ1) is 14.0. The number of carbonyl (C=O) groups is 1. The summed E-state index contributed by atoms with van der Waals surface area (Å²) in [6.07, 6.45) is 1.66. The molecule has 3 aromatic rings. The quantitative estimate of drug-likeness (QED) is 0.647. The molecule has 0 N–H and O–H groups in total. The molecule has 5 heteroatoms. The fraction of sp³-hybridized carbons (Fsp3) is 0.0625. The van der Waals surface area contributed by atoms with E-state index in [2.05, 4.69) is 10.2 Å². The predicted molar refractivity (Wildman–Crippen MR) is 84.9 cm³/mol. The first-order valence-electron chi connectivity index (χ1n) is 6.28. The summed E-state index contributed by atoms with van der Waals surface area (Å²) < 4.78 is 0. The van der Waals surface area contributed by atoms with E-state index in [1.165, 1.54) is 0 Å². The van der Waals surface area contributed by atoms with Crippen LogP contribution in [0, 0.1) is 6.92 Å². The average Bonchev–Trinajstić information content (AvgIpc) is 2.47. The van der Waals surface area contributed by atoms with Crippen LogP contribution in [0.4, 0.5) is 0 Å². The van der Waals surface area contributed by atoms with Gasteiger partial charge in [-0.25, -0.2) is 0 Å². The molecule has 0 saturated heterocycles. The highest BCUT2D eigenvalue weighted by molar-refractivity contribution is 6.67. The molecule has 3 nitrogen and oxygen atoms in total.